The summed E-state index contributed by atoms with van der Waals surface area (Å²) in [4.78, 5) is 0. The molecule has 24 heavy (non-hydrogen) atoms. The van der Waals surface area contributed by atoms with E-state index < -0.39 is 0 Å². The molecule has 6 nitrogen and oxygen atoms in total. The van der Waals surface area contributed by atoms with Crippen molar-refractivity contribution in [2.75, 3.05) is 7.11 Å². The van der Waals surface area contributed by atoms with E-state index in [9.17, 15) is 5.11 Å². The molecule has 7 heteroatoms. The Hall–Kier alpha value is -2.93. The van der Waals surface area contributed by atoms with Crippen LogP contribution >= 0.6 is 12.2 Å². The Balaban J connectivity index is 2.01. The van der Waals surface area contributed by atoms with E-state index in [2.05, 4.69) is 15.3 Å². The molecule has 2 aromatic carbocycles. The molecule has 0 saturated carbocycles. The smallest absolute Gasteiger partial charge is 0.216 e. The molecule has 0 fully saturated rings. The number of H-pyrrole nitrogens is 1. The van der Waals surface area contributed by atoms with E-state index in [0.717, 1.165) is 16.7 Å². The van der Waals surface area contributed by atoms with Crippen LogP contribution < -0.4 is 4.74 Å². The number of hydrogen-bond donors (Lipinski definition) is 2. The highest BCUT2D eigenvalue weighted by atomic mass is 32.1. The second-order valence-corrected chi connectivity index (χ2v) is 5.54. The largest absolute Gasteiger partial charge is 0.504 e. The number of phenolic OH excluding ortho intramolecular Hbond substituents is 1. The molecular formula is C17H16N4O2S. The van der Waals surface area contributed by atoms with Gasteiger partial charge in [0.05, 0.1) is 13.3 Å². The van der Waals surface area contributed by atoms with Crippen LogP contribution in [0.4, 0.5) is 0 Å². The Morgan fingerprint density at radius 1 is 1.29 bits per heavy atom. The summed E-state index contributed by atoms with van der Waals surface area (Å²) in [5, 5.41) is 21.1. The Kier molecular flexibility index (Phi) is 4.43. The van der Waals surface area contributed by atoms with Crippen LogP contribution in [0, 0.1) is 11.7 Å². The minimum Gasteiger partial charge on any atom is -0.504 e. The molecule has 0 aliphatic rings. The van der Waals surface area contributed by atoms with Gasteiger partial charge >= 0.3 is 0 Å². The highest BCUT2D eigenvalue weighted by Crippen LogP contribution is 2.26. The number of aryl methyl sites for hydroxylation is 1. The fourth-order valence-corrected chi connectivity index (χ4v) is 2.48. The quantitative estimate of drug-likeness (QED) is 0.563. The molecule has 0 spiro atoms. The van der Waals surface area contributed by atoms with Gasteiger partial charge < -0.3 is 9.84 Å². The maximum Gasteiger partial charge on any atom is 0.216 e. The number of aromatic hydroxyl groups is 1. The third-order valence-corrected chi connectivity index (χ3v) is 3.83. The van der Waals surface area contributed by atoms with Gasteiger partial charge in [0.15, 0.2) is 17.3 Å². The lowest BCUT2D eigenvalue weighted by Gasteiger charge is -2.05. The van der Waals surface area contributed by atoms with E-state index in [1.165, 1.54) is 7.11 Å². The Labute approximate surface area is 144 Å². The van der Waals surface area contributed by atoms with Crippen LogP contribution in [0.15, 0.2) is 47.6 Å². The van der Waals surface area contributed by atoms with E-state index in [-0.39, 0.29) is 5.75 Å². The second-order valence-electron chi connectivity index (χ2n) is 5.15. The van der Waals surface area contributed by atoms with Crippen LogP contribution in [0.5, 0.6) is 11.5 Å². The fourth-order valence-electron chi connectivity index (χ4n) is 2.30. The zero-order valence-electron chi connectivity index (χ0n) is 13.2. The molecule has 0 aliphatic heterocycles. The Morgan fingerprint density at radius 3 is 2.83 bits per heavy atom. The van der Waals surface area contributed by atoms with Gasteiger partial charge in [0.1, 0.15) is 0 Å². The van der Waals surface area contributed by atoms with Crippen molar-refractivity contribution in [3.8, 4) is 22.9 Å². The molecule has 0 amide bonds. The average Bonchev–Trinajstić information content (AvgIpc) is 2.95. The van der Waals surface area contributed by atoms with Gasteiger partial charge in [-0.05, 0) is 48.5 Å². The highest BCUT2D eigenvalue weighted by molar-refractivity contribution is 7.71. The minimum absolute atomic E-state index is 0.0789. The molecule has 0 aliphatic carbocycles. The summed E-state index contributed by atoms with van der Waals surface area (Å²) < 4.78 is 7.06. The van der Waals surface area contributed by atoms with E-state index >= 15 is 0 Å². The summed E-state index contributed by atoms with van der Waals surface area (Å²) in [7, 11) is 1.50. The van der Waals surface area contributed by atoms with Gasteiger partial charge in [0, 0.05) is 5.56 Å². The molecule has 122 valence electrons. The van der Waals surface area contributed by atoms with Crippen molar-refractivity contribution in [1.82, 2.24) is 14.9 Å². The van der Waals surface area contributed by atoms with E-state index in [1.807, 2.05) is 31.2 Å². The Morgan fingerprint density at radius 2 is 2.08 bits per heavy atom. The van der Waals surface area contributed by atoms with Crippen LogP contribution in [-0.4, -0.2) is 33.3 Å². The maximum absolute atomic E-state index is 9.65. The molecule has 1 aromatic heterocycles. The summed E-state index contributed by atoms with van der Waals surface area (Å²) in [6.45, 7) is 2.01. The number of phenols is 1. The van der Waals surface area contributed by atoms with Gasteiger partial charge in [-0.15, -0.1) is 0 Å². The summed E-state index contributed by atoms with van der Waals surface area (Å²) >= 11 is 5.27. The molecule has 3 aromatic rings. The van der Waals surface area contributed by atoms with E-state index in [4.69, 9.17) is 17.0 Å². The first-order chi connectivity index (χ1) is 11.6. The Bertz CT molecular complexity index is 959. The lowest BCUT2D eigenvalue weighted by Crippen LogP contribution is -1.96. The molecule has 0 saturated heterocycles. The predicted molar refractivity (Wildman–Crippen MR) is 95.2 cm³/mol. The van der Waals surface area contributed by atoms with Crippen molar-refractivity contribution in [2.45, 2.75) is 6.92 Å². The van der Waals surface area contributed by atoms with Crippen LogP contribution in [-0.2, 0) is 0 Å². The van der Waals surface area contributed by atoms with Gasteiger partial charge in [-0.3, -0.25) is 0 Å². The van der Waals surface area contributed by atoms with Crippen LogP contribution in [0.2, 0.25) is 0 Å². The molecule has 2 N–H and O–H groups in total. The molecule has 3 rings (SSSR count). The summed E-state index contributed by atoms with van der Waals surface area (Å²) in [6.07, 6.45) is 1.63. The van der Waals surface area contributed by atoms with Crippen molar-refractivity contribution >= 4 is 18.4 Å². The van der Waals surface area contributed by atoms with Gasteiger partial charge in [-0.25, -0.2) is 5.10 Å². The van der Waals surface area contributed by atoms with Crippen LogP contribution in [0.1, 0.15) is 11.1 Å². The van der Waals surface area contributed by atoms with Crippen LogP contribution in [0.25, 0.3) is 11.4 Å². The first kappa shape index (κ1) is 15.9. The SMILES string of the molecule is COc1cc(/C=N\n2c(-c3ccccc3C)n[nH]c2=S)ccc1O. The van der Waals surface area contributed by atoms with Gasteiger partial charge in [0.2, 0.25) is 4.77 Å². The number of aromatic amines is 1. The first-order valence-corrected chi connectivity index (χ1v) is 7.66. The molecule has 0 unspecified atom stereocenters. The average molecular weight is 340 g/mol. The second kappa shape index (κ2) is 6.67. The maximum atomic E-state index is 9.65. The van der Waals surface area contributed by atoms with E-state index in [0.29, 0.717) is 16.3 Å². The number of methoxy groups -OCH3 is 1. The fraction of sp³-hybridized carbons (Fsp3) is 0.118. The number of nitrogens with zero attached hydrogens (tertiary/aromatic N) is 3. The van der Waals surface area contributed by atoms with Crippen molar-refractivity contribution < 1.29 is 9.84 Å². The summed E-state index contributed by atoms with van der Waals surface area (Å²) in [5.41, 5.74) is 2.79. The normalized spacial score (nSPS) is 11.1. The standard InChI is InChI=1S/C17H16N4O2S/c1-11-5-3-4-6-13(11)16-19-20-17(24)21(16)18-10-12-7-8-14(22)15(9-12)23-2/h3-10,22H,1-2H3,(H,20,24)/b18-10-. The van der Waals surface area contributed by atoms with Crippen LogP contribution in [0.3, 0.4) is 0 Å². The third kappa shape index (κ3) is 3.07. The molecule has 1 heterocycles. The van der Waals surface area contributed by atoms with Crippen molar-refractivity contribution in [1.29, 1.82) is 0 Å². The molecular weight excluding hydrogens is 324 g/mol. The summed E-state index contributed by atoms with van der Waals surface area (Å²) in [6, 6.07) is 12.9. The van der Waals surface area contributed by atoms with Gasteiger partial charge in [-0.2, -0.15) is 14.9 Å². The number of nitrogens with one attached hydrogen (secondary N) is 1. The molecule has 0 atom stereocenters. The van der Waals surface area contributed by atoms with Crippen molar-refractivity contribution in [3.05, 3.63) is 58.4 Å². The number of benzene rings is 2. The number of aromatic nitrogens is 3. The van der Waals surface area contributed by atoms with Crippen molar-refractivity contribution in [3.63, 3.8) is 0 Å². The number of rotatable bonds is 4. The van der Waals surface area contributed by atoms with E-state index in [1.54, 1.807) is 29.1 Å². The third-order valence-electron chi connectivity index (χ3n) is 3.56. The number of hydrogen-bond acceptors (Lipinski definition) is 5. The lowest BCUT2D eigenvalue weighted by molar-refractivity contribution is 0.373. The molecule has 0 radical (unpaired) electrons. The monoisotopic (exact) mass is 340 g/mol. The topological polar surface area (TPSA) is 75.4 Å². The van der Waals surface area contributed by atoms with Gasteiger partial charge in [-0.1, -0.05) is 24.3 Å². The number of ether oxygens (including phenoxy) is 1. The predicted octanol–water partition coefficient (Wildman–Crippen LogP) is 3.51. The minimum atomic E-state index is 0.0789. The first-order valence-electron chi connectivity index (χ1n) is 7.25. The van der Waals surface area contributed by atoms with Gasteiger partial charge in [0.25, 0.3) is 0 Å². The van der Waals surface area contributed by atoms with Crippen molar-refractivity contribution in [2.24, 2.45) is 5.10 Å². The lowest BCUT2D eigenvalue weighted by atomic mass is 10.1. The summed E-state index contributed by atoms with van der Waals surface area (Å²) in [5.74, 6) is 1.10. The zero-order valence-corrected chi connectivity index (χ0v) is 14.0. The highest BCUT2D eigenvalue weighted by Gasteiger charge is 2.10. The molecule has 0 bridgehead atoms. The zero-order chi connectivity index (χ0) is 17.1.